The molecular weight excluding hydrogens is 155 g/mol. The molecule has 0 saturated heterocycles. The van der Waals surface area contributed by atoms with Gasteiger partial charge in [0.2, 0.25) is 10.1 Å². The van der Waals surface area contributed by atoms with E-state index in [1.165, 1.54) is 0 Å². The average molecular weight is 162 g/mol. The molecule has 0 aliphatic heterocycles. The van der Waals surface area contributed by atoms with Crippen molar-refractivity contribution >= 4 is 10.1 Å². The molecule has 1 unspecified atom stereocenters. The molecule has 2 N–H and O–H groups in total. The zero-order chi connectivity index (χ0) is 6.78. The average Bonchev–Trinajstić information content (AvgIpc) is 1.62. The molecule has 4 nitrogen and oxygen atoms in total. The van der Waals surface area contributed by atoms with Crippen molar-refractivity contribution in [3.63, 3.8) is 0 Å². The van der Waals surface area contributed by atoms with Crippen LogP contribution in [0.4, 0.5) is 0 Å². The smallest absolute Gasteiger partial charge is 0.398 e. The monoisotopic (exact) mass is 162 g/mol. The molecule has 0 aromatic carbocycles. The third kappa shape index (κ3) is 5.32. The summed E-state index contributed by atoms with van der Waals surface area (Å²) in [6.45, 7) is 2.29. The number of hydrogen-bond donors (Lipinski definition) is 2. The van der Waals surface area contributed by atoms with Gasteiger partial charge in [0.15, 0.2) is 0 Å². The van der Waals surface area contributed by atoms with Gasteiger partial charge in [-0.3, -0.25) is 4.55 Å². The summed E-state index contributed by atoms with van der Waals surface area (Å²) < 4.78 is 27.8. The fourth-order valence-electron chi connectivity index (χ4n) is 0.0942. The van der Waals surface area contributed by atoms with E-state index < -0.39 is 22.0 Å². The maximum absolute atomic E-state index is 9.90. The van der Waals surface area contributed by atoms with Crippen molar-refractivity contribution in [3.8, 4) is 0 Å². The molecule has 0 aromatic heterocycles. The molecule has 0 radical (unpaired) electrons. The molecule has 0 bridgehead atoms. The molecular formula is C3H7NaO4S. The summed E-state index contributed by atoms with van der Waals surface area (Å²) in [5.74, 6) is 0. The minimum Gasteiger partial charge on any atom is -0.398 e. The molecule has 0 amide bonds. The number of hydrogen-bond acceptors (Lipinski definition) is 3. The van der Waals surface area contributed by atoms with E-state index in [4.69, 9.17) is 9.66 Å². The Balaban J connectivity index is 0. The van der Waals surface area contributed by atoms with Gasteiger partial charge in [-0.15, -0.1) is 0 Å². The Kier molecular flexibility index (Phi) is 6.48. The minimum absolute atomic E-state index is 0. The zero-order valence-electron chi connectivity index (χ0n) is 5.11. The summed E-state index contributed by atoms with van der Waals surface area (Å²) in [5.41, 5.74) is 0. The van der Waals surface area contributed by atoms with Crippen LogP contribution >= 0.6 is 0 Å². The van der Waals surface area contributed by atoms with Crippen molar-refractivity contribution in [1.29, 1.82) is 0 Å². The molecule has 0 aliphatic rings. The van der Waals surface area contributed by atoms with Crippen LogP contribution in [0.2, 0.25) is 0 Å². The third-order valence-corrected chi connectivity index (χ3v) is 1.62. The van der Waals surface area contributed by atoms with E-state index in [1.54, 1.807) is 0 Å². The molecule has 0 rings (SSSR count). The first kappa shape index (κ1) is 12.5. The van der Waals surface area contributed by atoms with E-state index >= 15 is 0 Å². The molecule has 1 atom stereocenters. The van der Waals surface area contributed by atoms with E-state index in [1.807, 2.05) is 0 Å². The van der Waals surface area contributed by atoms with Crippen molar-refractivity contribution in [2.24, 2.45) is 0 Å². The number of rotatable bonds is 2. The van der Waals surface area contributed by atoms with Crippen LogP contribution in [0, 0.1) is 6.92 Å². The summed E-state index contributed by atoms with van der Waals surface area (Å²) in [6, 6.07) is 0. The van der Waals surface area contributed by atoms with E-state index in [0.717, 1.165) is 0 Å². The second-order valence-corrected chi connectivity index (χ2v) is 3.02. The SMILES string of the molecule is [CH2-]C(CO)S(=O)(=O)O.[Na+]. The van der Waals surface area contributed by atoms with E-state index in [-0.39, 0.29) is 29.6 Å². The van der Waals surface area contributed by atoms with Crippen LogP contribution in [-0.2, 0) is 10.1 Å². The molecule has 0 saturated carbocycles. The van der Waals surface area contributed by atoms with Crippen LogP contribution in [0.15, 0.2) is 0 Å². The van der Waals surface area contributed by atoms with Gasteiger partial charge in [0.25, 0.3) is 0 Å². The second-order valence-electron chi connectivity index (χ2n) is 1.32. The van der Waals surface area contributed by atoms with E-state index in [0.29, 0.717) is 0 Å². The van der Waals surface area contributed by atoms with Crippen molar-refractivity contribution in [3.05, 3.63) is 6.92 Å². The van der Waals surface area contributed by atoms with E-state index in [2.05, 4.69) is 6.92 Å². The number of aliphatic hydroxyl groups is 1. The van der Waals surface area contributed by atoms with Gasteiger partial charge in [-0.1, -0.05) is 0 Å². The zero-order valence-corrected chi connectivity index (χ0v) is 7.93. The Labute approximate surface area is 76.3 Å². The van der Waals surface area contributed by atoms with Crippen LogP contribution < -0.4 is 29.6 Å². The largest absolute Gasteiger partial charge is 1.00 e. The van der Waals surface area contributed by atoms with Gasteiger partial charge in [0, 0.05) is 6.61 Å². The maximum atomic E-state index is 9.90. The van der Waals surface area contributed by atoms with Crippen molar-refractivity contribution in [2.75, 3.05) is 6.61 Å². The Morgan fingerprint density at radius 3 is 1.89 bits per heavy atom. The van der Waals surface area contributed by atoms with Crippen LogP contribution in [0.3, 0.4) is 0 Å². The summed E-state index contributed by atoms with van der Waals surface area (Å²) in [5, 5.41) is 6.75. The predicted octanol–water partition coefficient (Wildman–Crippen LogP) is -3.93. The molecule has 9 heavy (non-hydrogen) atoms. The van der Waals surface area contributed by atoms with E-state index in [9.17, 15) is 8.42 Å². The van der Waals surface area contributed by atoms with Crippen molar-refractivity contribution in [2.45, 2.75) is 5.25 Å². The van der Waals surface area contributed by atoms with Crippen LogP contribution in [0.1, 0.15) is 0 Å². The first-order valence-corrected chi connectivity index (χ1v) is 3.39. The van der Waals surface area contributed by atoms with Gasteiger partial charge in [-0.2, -0.15) is 0 Å². The summed E-state index contributed by atoms with van der Waals surface area (Å²) in [7, 11) is -4.11. The third-order valence-electron chi connectivity index (χ3n) is 0.625. The molecule has 6 heteroatoms. The summed E-state index contributed by atoms with van der Waals surface area (Å²) >= 11 is 0. The van der Waals surface area contributed by atoms with Gasteiger partial charge < -0.3 is 12.0 Å². The van der Waals surface area contributed by atoms with Crippen LogP contribution in [0.25, 0.3) is 0 Å². The van der Waals surface area contributed by atoms with Gasteiger partial charge in [-0.05, 0) is 5.25 Å². The number of aliphatic hydroxyl groups excluding tert-OH is 1. The van der Waals surface area contributed by atoms with Crippen LogP contribution in [-0.4, -0.2) is 29.9 Å². The first-order valence-electron chi connectivity index (χ1n) is 1.88. The summed E-state index contributed by atoms with van der Waals surface area (Å²) in [6.07, 6.45) is 0. The molecule has 0 heterocycles. The Morgan fingerprint density at radius 1 is 1.56 bits per heavy atom. The fourth-order valence-corrected chi connectivity index (χ4v) is 0.283. The second kappa shape index (κ2) is 4.65. The fraction of sp³-hybridized carbons (Fsp3) is 0.667. The quantitative estimate of drug-likeness (QED) is 0.247. The standard InChI is InChI=1S/C3H7O4S.Na/c1-3(2-4)8(5,6)7;/h3-4H,1-2H2,(H,5,6,7);/q-1;+1. The first-order chi connectivity index (χ1) is 3.48. The van der Waals surface area contributed by atoms with Crippen molar-refractivity contribution in [1.82, 2.24) is 0 Å². The normalized spacial score (nSPS) is 14.1. The topological polar surface area (TPSA) is 74.6 Å². The summed E-state index contributed by atoms with van der Waals surface area (Å²) in [4.78, 5) is 0. The molecule has 0 aliphatic carbocycles. The Bertz CT molecular complexity index is 151. The minimum atomic E-state index is -4.11. The maximum Gasteiger partial charge on any atom is 1.00 e. The van der Waals surface area contributed by atoms with Gasteiger partial charge in [0.1, 0.15) is 0 Å². The van der Waals surface area contributed by atoms with Crippen molar-refractivity contribution < 1.29 is 47.6 Å². The molecule has 50 valence electrons. The Hall–Kier alpha value is 0.870. The molecule has 0 aromatic rings. The predicted molar refractivity (Wildman–Crippen MR) is 27.8 cm³/mol. The molecule has 0 spiro atoms. The van der Waals surface area contributed by atoms with Gasteiger partial charge in [-0.25, -0.2) is 8.42 Å². The van der Waals surface area contributed by atoms with Crippen LogP contribution in [0.5, 0.6) is 0 Å². The Morgan fingerprint density at radius 2 is 1.89 bits per heavy atom. The molecule has 0 fully saturated rings. The van der Waals surface area contributed by atoms with Gasteiger partial charge in [0.05, 0.1) is 0 Å². The van der Waals surface area contributed by atoms with Gasteiger partial charge >= 0.3 is 29.6 Å².